The summed E-state index contributed by atoms with van der Waals surface area (Å²) in [6, 6.07) is 9.40. The predicted molar refractivity (Wildman–Crippen MR) is 68.6 cm³/mol. The summed E-state index contributed by atoms with van der Waals surface area (Å²) in [5.41, 5.74) is 0.0494. The van der Waals surface area contributed by atoms with Crippen LogP contribution in [-0.2, 0) is 15.1 Å². The Hall–Kier alpha value is -1.55. The number of hydrogen-bond acceptors (Lipinski definition) is 3. The second kappa shape index (κ2) is 7.01. The van der Waals surface area contributed by atoms with Crippen molar-refractivity contribution in [3.63, 3.8) is 0 Å². The van der Waals surface area contributed by atoms with Gasteiger partial charge in [-0.25, -0.2) is 4.79 Å². The lowest BCUT2D eigenvalue weighted by molar-refractivity contribution is -0.0216. The van der Waals surface area contributed by atoms with Crippen LogP contribution in [0, 0.1) is 0 Å². The summed E-state index contributed by atoms with van der Waals surface area (Å²) in [5, 5.41) is 8.86. The maximum Gasteiger partial charge on any atom is 0.506 e. The highest BCUT2D eigenvalue weighted by molar-refractivity contribution is 5.58. The van der Waals surface area contributed by atoms with E-state index in [-0.39, 0.29) is 0 Å². The van der Waals surface area contributed by atoms with Crippen molar-refractivity contribution < 1.29 is 19.4 Å². The van der Waals surface area contributed by atoms with Gasteiger partial charge in [-0.15, -0.1) is 0 Å². The Balaban J connectivity index is 2.72. The van der Waals surface area contributed by atoms with E-state index < -0.39 is 11.8 Å². The predicted octanol–water partition coefficient (Wildman–Crippen LogP) is 3.41. The Kier molecular flexibility index (Phi) is 5.65. The summed E-state index contributed by atoms with van der Waals surface area (Å²) in [6.45, 7) is 5.01. The SMILES string of the molecule is CCOCCCC(C)(OC(=O)O)c1ccccc1. The molecule has 0 aliphatic heterocycles. The van der Waals surface area contributed by atoms with Gasteiger partial charge < -0.3 is 14.6 Å². The molecule has 0 aliphatic carbocycles. The van der Waals surface area contributed by atoms with Crippen molar-refractivity contribution >= 4 is 6.16 Å². The first kappa shape index (κ1) is 14.5. The lowest BCUT2D eigenvalue weighted by Gasteiger charge is -2.28. The minimum absolute atomic E-state index is 0.601. The van der Waals surface area contributed by atoms with Crippen LogP contribution in [0.3, 0.4) is 0 Å². The lowest BCUT2D eigenvalue weighted by atomic mass is 9.91. The van der Waals surface area contributed by atoms with E-state index >= 15 is 0 Å². The number of rotatable bonds is 7. The summed E-state index contributed by atoms with van der Waals surface area (Å²) in [7, 11) is 0. The van der Waals surface area contributed by atoms with Gasteiger partial charge in [0.1, 0.15) is 5.60 Å². The third-order valence-corrected chi connectivity index (χ3v) is 2.84. The van der Waals surface area contributed by atoms with Crippen LogP contribution in [0.4, 0.5) is 4.79 Å². The van der Waals surface area contributed by atoms with Gasteiger partial charge in [0.25, 0.3) is 0 Å². The van der Waals surface area contributed by atoms with E-state index in [4.69, 9.17) is 14.6 Å². The van der Waals surface area contributed by atoms with Crippen molar-refractivity contribution in [1.29, 1.82) is 0 Å². The Labute approximate surface area is 108 Å². The largest absolute Gasteiger partial charge is 0.506 e. The second-order valence-electron chi connectivity index (χ2n) is 4.27. The second-order valence-corrected chi connectivity index (χ2v) is 4.27. The Morgan fingerprint density at radius 3 is 2.56 bits per heavy atom. The first-order valence-corrected chi connectivity index (χ1v) is 6.13. The van der Waals surface area contributed by atoms with Gasteiger partial charge in [-0.1, -0.05) is 30.3 Å². The van der Waals surface area contributed by atoms with Crippen LogP contribution in [0.2, 0.25) is 0 Å². The molecule has 0 aromatic heterocycles. The fraction of sp³-hybridized carbons (Fsp3) is 0.500. The number of benzene rings is 1. The van der Waals surface area contributed by atoms with Crippen LogP contribution in [0.15, 0.2) is 30.3 Å². The summed E-state index contributed by atoms with van der Waals surface area (Å²) in [4.78, 5) is 10.8. The molecule has 0 saturated carbocycles. The van der Waals surface area contributed by atoms with Gasteiger partial charge in [0.05, 0.1) is 0 Å². The van der Waals surface area contributed by atoms with Crippen LogP contribution in [0.25, 0.3) is 0 Å². The monoisotopic (exact) mass is 252 g/mol. The number of ether oxygens (including phenoxy) is 2. The molecule has 0 heterocycles. The van der Waals surface area contributed by atoms with Crippen molar-refractivity contribution in [3.8, 4) is 0 Å². The molecule has 1 aromatic carbocycles. The molecule has 1 rings (SSSR count). The van der Waals surface area contributed by atoms with E-state index in [0.29, 0.717) is 19.6 Å². The van der Waals surface area contributed by atoms with Gasteiger partial charge in [-0.2, -0.15) is 0 Å². The molecular weight excluding hydrogens is 232 g/mol. The quantitative estimate of drug-likeness (QED) is 0.596. The molecule has 100 valence electrons. The Bertz CT molecular complexity index is 363. The highest BCUT2D eigenvalue weighted by Gasteiger charge is 2.30. The maximum atomic E-state index is 10.8. The van der Waals surface area contributed by atoms with Crippen molar-refractivity contribution in [1.82, 2.24) is 0 Å². The van der Waals surface area contributed by atoms with Gasteiger partial charge in [0.15, 0.2) is 0 Å². The molecule has 1 N–H and O–H groups in total. The molecule has 0 spiro atoms. The molecule has 4 nitrogen and oxygen atoms in total. The fourth-order valence-corrected chi connectivity index (χ4v) is 1.89. The van der Waals surface area contributed by atoms with Gasteiger partial charge in [0.2, 0.25) is 0 Å². The number of carbonyl (C=O) groups is 1. The average molecular weight is 252 g/mol. The van der Waals surface area contributed by atoms with Gasteiger partial charge in [-0.3, -0.25) is 0 Å². The molecule has 1 atom stereocenters. The van der Waals surface area contributed by atoms with E-state index in [1.807, 2.05) is 37.3 Å². The standard InChI is InChI=1S/C14H20O4/c1-3-17-11-7-10-14(2,18-13(15)16)12-8-5-4-6-9-12/h4-6,8-9H,3,7,10-11H2,1-2H3,(H,15,16). The van der Waals surface area contributed by atoms with E-state index in [1.54, 1.807) is 6.92 Å². The first-order valence-electron chi connectivity index (χ1n) is 6.13. The van der Waals surface area contributed by atoms with Crippen molar-refractivity contribution in [2.45, 2.75) is 32.3 Å². The molecule has 0 radical (unpaired) electrons. The molecule has 4 heteroatoms. The van der Waals surface area contributed by atoms with Crippen LogP contribution in [0.5, 0.6) is 0 Å². The maximum absolute atomic E-state index is 10.8. The third-order valence-electron chi connectivity index (χ3n) is 2.84. The summed E-state index contributed by atoms with van der Waals surface area (Å²) < 4.78 is 10.3. The van der Waals surface area contributed by atoms with E-state index in [1.165, 1.54) is 0 Å². The van der Waals surface area contributed by atoms with E-state index in [2.05, 4.69) is 0 Å². The molecule has 0 fully saturated rings. The molecule has 0 amide bonds. The van der Waals surface area contributed by atoms with Crippen LogP contribution in [0.1, 0.15) is 32.3 Å². The zero-order valence-electron chi connectivity index (χ0n) is 10.9. The fourth-order valence-electron chi connectivity index (χ4n) is 1.89. The van der Waals surface area contributed by atoms with Crippen LogP contribution < -0.4 is 0 Å². The molecule has 0 aliphatic rings. The molecule has 1 aromatic rings. The average Bonchev–Trinajstić information content (AvgIpc) is 2.35. The van der Waals surface area contributed by atoms with Crippen molar-refractivity contribution in [2.24, 2.45) is 0 Å². The molecular formula is C14H20O4. The molecule has 18 heavy (non-hydrogen) atoms. The molecule has 0 bridgehead atoms. The lowest BCUT2D eigenvalue weighted by Crippen LogP contribution is -2.29. The van der Waals surface area contributed by atoms with Crippen molar-refractivity contribution in [3.05, 3.63) is 35.9 Å². The first-order chi connectivity index (χ1) is 8.58. The highest BCUT2D eigenvalue weighted by Crippen LogP contribution is 2.30. The highest BCUT2D eigenvalue weighted by atomic mass is 16.7. The number of carboxylic acid groups (broad SMARTS) is 1. The van der Waals surface area contributed by atoms with Crippen molar-refractivity contribution in [2.75, 3.05) is 13.2 Å². The zero-order valence-corrected chi connectivity index (χ0v) is 10.9. The molecule has 0 saturated heterocycles. The molecule has 1 unspecified atom stereocenters. The minimum atomic E-state index is -1.25. The zero-order chi connectivity index (χ0) is 13.4. The Morgan fingerprint density at radius 1 is 1.33 bits per heavy atom. The summed E-state index contributed by atoms with van der Waals surface area (Å²) in [5.74, 6) is 0. The van der Waals surface area contributed by atoms with Gasteiger partial charge >= 0.3 is 6.16 Å². The van der Waals surface area contributed by atoms with Crippen LogP contribution >= 0.6 is 0 Å². The summed E-state index contributed by atoms with van der Waals surface area (Å²) in [6.07, 6.45) is 0.105. The third kappa shape index (κ3) is 4.37. The summed E-state index contributed by atoms with van der Waals surface area (Å²) >= 11 is 0. The minimum Gasteiger partial charge on any atom is -0.450 e. The Morgan fingerprint density at radius 2 is 2.00 bits per heavy atom. The normalized spacial score (nSPS) is 13.9. The van der Waals surface area contributed by atoms with E-state index in [0.717, 1.165) is 12.0 Å². The number of hydrogen-bond donors (Lipinski definition) is 1. The van der Waals surface area contributed by atoms with Crippen LogP contribution in [-0.4, -0.2) is 24.5 Å². The van der Waals surface area contributed by atoms with Gasteiger partial charge in [-0.05, 0) is 32.3 Å². The smallest absolute Gasteiger partial charge is 0.450 e. The van der Waals surface area contributed by atoms with Gasteiger partial charge in [0, 0.05) is 13.2 Å². The topological polar surface area (TPSA) is 55.8 Å². The van der Waals surface area contributed by atoms with E-state index in [9.17, 15) is 4.79 Å².